The molecule has 1 heterocycles. The minimum Gasteiger partial charge on any atom is -0.476 e. The molecule has 2 rings (SSSR count). The van der Waals surface area contributed by atoms with Gasteiger partial charge in [0.1, 0.15) is 0 Å². The maximum absolute atomic E-state index is 10.8. The highest BCUT2D eigenvalue weighted by atomic mass is 35.5. The van der Waals surface area contributed by atoms with E-state index >= 15 is 0 Å². The van der Waals surface area contributed by atoms with Crippen molar-refractivity contribution in [2.24, 2.45) is 0 Å². The Bertz CT molecular complexity index is 465. The van der Waals surface area contributed by atoms with E-state index < -0.39 is 5.97 Å². The Kier molecular flexibility index (Phi) is 3.04. The molecule has 0 bridgehead atoms. The highest BCUT2D eigenvalue weighted by Gasteiger charge is 2.07. The van der Waals surface area contributed by atoms with Crippen LogP contribution in [0, 0.1) is 0 Å². The zero-order valence-corrected chi connectivity index (χ0v) is 7.99. The van der Waals surface area contributed by atoms with Gasteiger partial charge in [-0.3, -0.25) is 0 Å². The van der Waals surface area contributed by atoms with Crippen LogP contribution >= 0.6 is 12.4 Å². The Hall–Kier alpha value is -1.61. The molecule has 1 N–H and O–H groups in total. The van der Waals surface area contributed by atoms with Crippen LogP contribution in [0.25, 0.3) is 10.8 Å². The molecule has 0 fully saturated rings. The fourth-order valence-corrected chi connectivity index (χ4v) is 1.29. The number of fused-ring (bicyclic) bond motifs is 1. The Morgan fingerprint density at radius 1 is 1.21 bits per heavy atom. The van der Waals surface area contributed by atoms with Gasteiger partial charge in [0.15, 0.2) is 5.69 Å². The molecule has 14 heavy (non-hydrogen) atoms. The highest BCUT2D eigenvalue weighted by molar-refractivity contribution is 6.01. The van der Waals surface area contributed by atoms with Gasteiger partial charge in [0, 0.05) is 11.6 Å². The number of carbonyl (C=O) groups is 1. The van der Waals surface area contributed by atoms with Crippen LogP contribution in [-0.4, -0.2) is 16.1 Å². The Balaban J connectivity index is 0.000000980. The molecule has 0 radical (unpaired) electrons. The number of benzene rings is 1. The van der Waals surface area contributed by atoms with Gasteiger partial charge < -0.3 is 5.11 Å². The van der Waals surface area contributed by atoms with Gasteiger partial charge >= 0.3 is 5.97 Å². The molecule has 0 aliphatic rings. The minimum atomic E-state index is -0.989. The molecular formula is C10H8ClNO2. The molecule has 3 nitrogen and oxygen atoms in total. The Labute approximate surface area is 86.8 Å². The number of hydrogen-bond donors (Lipinski definition) is 1. The summed E-state index contributed by atoms with van der Waals surface area (Å²) in [5.74, 6) is -0.989. The standard InChI is InChI=1S/C10H7NO2.ClH/c12-10(13)9-8-4-2-1-3-7(8)5-6-11-9;/h1-6H,(H,12,13);1H. The molecule has 0 atom stereocenters. The lowest BCUT2D eigenvalue weighted by atomic mass is 10.1. The molecule has 72 valence electrons. The van der Waals surface area contributed by atoms with Crippen molar-refractivity contribution in [1.29, 1.82) is 0 Å². The van der Waals surface area contributed by atoms with Crippen LogP contribution in [0.4, 0.5) is 0 Å². The molecule has 0 saturated heterocycles. The van der Waals surface area contributed by atoms with E-state index in [1.165, 1.54) is 6.20 Å². The first-order chi connectivity index (χ1) is 6.29. The summed E-state index contributed by atoms with van der Waals surface area (Å²) in [4.78, 5) is 14.6. The maximum Gasteiger partial charge on any atom is 0.355 e. The van der Waals surface area contributed by atoms with Crippen molar-refractivity contribution in [3.63, 3.8) is 0 Å². The van der Waals surface area contributed by atoms with Crippen LogP contribution in [0.1, 0.15) is 10.5 Å². The zero-order chi connectivity index (χ0) is 9.26. The third-order valence-electron chi connectivity index (χ3n) is 1.88. The molecule has 0 aliphatic heterocycles. The summed E-state index contributed by atoms with van der Waals surface area (Å²) in [6, 6.07) is 9.08. The largest absolute Gasteiger partial charge is 0.476 e. The quantitative estimate of drug-likeness (QED) is 0.785. The van der Waals surface area contributed by atoms with Crippen LogP contribution in [0.5, 0.6) is 0 Å². The topological polar surface area (TPSA) is 50.2 Å². The summed E-state index contributed by atoms with van der Waals surface area (Å²) in [6.45, 7) is 0. The van der Waals surface area contributed by atoms with Crippen LogP contribution in [0.15, 0.2) is 36.5 Å². The minimum absolute atomic E-state index is 0. The molecule has 1 aromatic heterocycles. The van der Waals surface area contributed by atoms with Crippen molar-refractivity contribution in [1.82, 2.24) is 4.98 Å². The van der Waals surface area contributed by atoms with E-state index in [1.807, 2.05) is 12.1 Å². The molecule has 1 aromatic carbocycles. The fraction of sp³-hybridized carbons (Fsp3) is 0. The number of aromatic nitrogens is 1. The molecule has 4 heteroatoms. The average Bonchev–Trinajstić information content (AvgIpc) is 2.17. The van der Waals surface area contributed by atoms with Crippen LogP contribution < -0.4 is 0 Å². The van der Waals surface area contributed by atoms with Gasteiger partial charge in [-0.05, 0) is 11.5 Å². The summed E-state index contributed by atoms with van der Waals surface area (Å²) in [6.07, 6.45) is 1.51. The van der Waals surface area contributed by atoms with Gasteiger partial charge in [0.25, 0.3) is 0 Å². The summed E-state index contributed by atoms with van der Waals surface area (Å²) in [5, 5.41) is 10.4. The number of carboxylic acids is 1. The van der Waals surface area contributed by atoms with Crippen molar-refractivity contribution >= 4 is 29.1 Å². The summed E-state index contributed by atoms with van der Waals surface area (Å²) >= 11 is 0. The lowest BCUT2D eigenvalue weighted by Crippen LogP contribution is -2.00. The van der Waals surface area contributed by atoms with Crippen molar-refractivity contribution in [2.45, 2.75) is 0 Å². The van der Waals surface area contributed by atoms with Gasteiger partial charge in [-0.15, -0.1) is 12.4 Å². The second-order valence-electron chi connectivity index (χ2n) is 2.69. The van der Waals surface area contributed by atoms with Crippen LogP contribution in [-0.2, 0) is 0 Å². The van der Waals surface area contributed by atoms with E-state index in [4.69, 9.17) is 5.11 Å². The smallest absolute Gasteiger partial charge is 0.355 e. The fourth-order valence-electron chi connectivity index (χ4n) is 1.29. The molecule has 2 aromatic rings. The number of carboxylic acid groups (broad SMARTS) is 1. The average molecular weight is 210 g/mol. The Morgan fingerprint density at radius 2 is 1.93 bits per heavy atom. The van der Waals surface area contributed by atoms with Gasteiger partial charge in [-0.2, -0.15) is 0 Å². The van der Waals surface area contributed by atoms with E-state index in [1.54, 1.807) is 18.2 Å². The molecule has 0 unspecified atom stereocenters. The summed E-state index contributed by atoms with van der Waals surface area (Å²) < 4.78 is 0. The second-order valence-corrected chi connectivity index (χ2v) is 2.69. The number of pyridine rings is 1. The molecular weight excluding hydrogens is 202 g/mol. The first kappa shape index (κ1) is 10.5. The monoisotopic (exact) mass is 209 g/mol. The molecule has 0 saturated carbocycles. The first-order valence-corrected chi connectivity index (χ1v) is 3.86. The number of hydrogen-bond acceptors (Lipinski definition) is 2. The number of halogens is 1. The SMILES string of the molecule is Cl.O=C(O)c1nccc2ccccc12. The molecule has 0 aliphatic carbocycles. The van der Waals surface area contributed by atoms with Crippen molar-refractivity contribution in [2.75, 3.05) is 0 Å². The van der Waals surface area contributed by atoms with E-state index in [0.717, 1.165) is 5.39 Å². The highest BCUT2D eigenvalue weighted by Crippen LogP contribution is 2.15. The third kappa shape index (κ3) is 1.67. The maximum atomic E-state index is 10.8. The van der Waals surface area contributed by atoms with E-state index in [0.29, 0.717) is 5.39 Å². The molecule has 0 spiro atoms. The predicted octanol–water partition coefficient (Wildman–Crippen LogP) is 2.35. The lowest BCUT2D eigenvalue weighted by Gasteiger charge is -1.99. The zero-order valence-electron chi connectivity index (χ0n) is 7.18. The summed E-state index contributed by atoms with van der Waals surface area (Å²) in [5.41, 5.74) is 0.109. The van der Waals surface area contributed by atoms with E-state index in [2.05, 4.69) is 4.98 Å². The van der Waals surface area contributed by atoms with Gasteiger partial charge in [-0.25, -0.2) is 9.78 Å². The van der Waals surface area contributed by atoms with Gasteiger partial charge in [0.05, 0.1) is 0 Å². The molecule has 0 amide bonds. The van der Waals surface area contributed by atoms with Crippen molar-refractivity contribution in [3.05, 3.63) is 42.2 Å². The normalized spacial score (nSPS) is 9.43. The number of aromatic carboxylic acids is 1. The number of nitrogens with zero attached hydrogens (tertiary/aromatic N) is 1. The van der Waals surface area contributed by atoms with Gasteiger partial charge in [-0.1, -0.05) is 24.3 Å². The van der Waals surface area contributed by atoms with Crippen molar-refractivity contribution in [3.8, 4) is 0 Å². The summed E-state index contributed by atoms with van der Waals surface area (Å²) in [7, 11) is 0. The lowest BCUT2D eigenvalue weighted by molar-refractivity contribution is 0.0693. The van der Waals surface area contributed by atoms with Gasteiger partial charge in [0.2, 0.25) is 0 Å². The van der Waals surface area contributed by atoms with Crippen molar-refractivity contribution < 1.29 is 9.90 Å². The number of rotatable bonds is 1. The Morgan fingerprint density at radius 3 is 2.64 bits per heavy atom. The second kappa shape index (κ2) is 4.07. The third-order valence-corrected chi connectivity index (χ3v) is 1.88. The van der Waals surface area contributed by atoms with E-state index in [9.17, 15) is 4.79 Å². The first-order valence-electron chi connectivity index (χ1n) is 3.86. The van der Waals surface area contributed by atoms with E-state index in [-0.39, 0.29) is 18.1 Å². The predicted molar refractivity (Wildman–Crippen MR) is 56.0 cm³/mol. The van der Waals surface area contributed by atoms with Crippen LogP contribution in [0.2, 0.25) is 0 Å². The van der Waals surface area contributed by atoms with Crippen LogP contribution in [0.3, 0.4) is 0 Å².